The number of unbranched alkanes of at least 4 members (excludes halogenated alkanes) is 1. The molecule has 0 aliphatic heterocycles. The van der Waals surface area contributed by atoms with Crippen molar-refractivity contribution in [2.75, 3.05) is 27.3 Å². The van der Waals surface area contributed by atoms with E-state index in [1.54, 1.807) is 0 Å². The molecule has 0 fully saturated rings. The van der Waals surface area contributed by atoms with Gasteiger partial charge in [-0.05, 0) is 27.3 Å². The van der Waals surface area contributed by atoms with Crippen LogP contribution in [0.2, 0.25) is 0 Å². The molecule has 0 saturated heterocycles. The van der Waals surface area contributed by atoms with Crippen molar-refractivity contribution in [3.8, 4) is 0 Å². The second-order valence-corrected chi connectivity index (χ2v) is 3.06. The maximum Gasteiger partial charge on any atom is -0.0140 e. The molecule has 0 spiro atoms. The zero-order valence-electron chi connectivity index (χ0n) is 7.55. The average Bonchev–Trinajstić information content (AvgIpc) is 1.66. The minimum Gasteiger partial charge on any atom is -0.312 e. The first-order chi connectivity index (χ1) is 4.15. The molecule has 0 heterocycles. The Bertz CT molecular complexity index is 37.8. The lowest BCUT2D eigenvalue weighted by Crippen LogP contribution is -1.99. The molecule has 10 heavy (non-hydrogen) atoms. The lowest BCUT2D eigenvalue weighted by molar-refractivity contribution is 0.505. The van der Waals surface area contributed by atoms with Gasteiger partial charge in [0.1, 0.15) is 0 Å². The molecule has 0 N–H and O–H groups in total. The van der Waals surface area contributed by atoms with Gasteiger partial charge in [-0.3, -0.25) is 0 Å². The number of rotatable bonds is 2. The Kier molecular flexibility index (Phi) is 28.1. The van der Waals surface area contributed by atoms with Crippen molar-refractivity contribution >= 4 is 26.2 Å². The fourth-order valence-corrected chi connectivity index (χ4v) is 0.612. The summed E-state index contributed by atoms with van der Waals surface area (Å²) < 4.78 is 0. The molecule has 1 nitrogen and oxygen atoms in total. The quantitative estimate of drug-likeness (QED) is 0.658. The minimum atomic E-state index is 0. The van der Waals surface area contributed by atoms with Crippen LogP contribution >= 0.6 is 26.2 Å². The van der Waals surface area contributed by atoms with E-state index < -0.39 is 0 Å². The summed E-state index contributed by atoms with van der Waals surface area (Å²) in [5.74, 6) is 0. The van der Waals surface area contributed by atoms with Crippen molar-refractivity contribution in [2.24, 2.45) is 0 Å². The zero-order chi connectivity index (χ0) is 7.70. The molecule has 0 aliphatic carbocycles. The Balaban J connectivity index is -0.0000000910. The van der Waals surface area contributed by atoms with Crippen LogP contribution in [0.15, 0.2) is 0 Å². The number of halogens is 1. The van der Waals surface area contributed by atoms with Gasteiger partial charge in [-0.25, -0.2) is 0 Å². The fraction of sp³-hybridized carbons (Fsp3) is 1.00. The summed E-state index contributed by atoms with van der Waals surface area (Å²) in [7, 11) is 8.70. The number of hydrogen-bond acceptors (Lipinski definition) is 1. The van der Waals surface area contributed by atoms with E-state index in [4.69, 9.17) is 0 Å². The van der Waals surface area contributed by atoms with E-state index in [0.717, 1.165) is 0 Å². The molecule has 0 aliphatic rings. The highest BCUT2D eigenvalue weighted by atomic mass is 79.9. The molecule has 0 saturated carbocycles. The molecular formula is C7H21BrNP. The summed E-state index contributed by atoms with van der Waals surface area (Å²) in [6, 6.07) is 0. The highest BCUT2D eigenvalue weighted by molar-refractivity contribution is 8.93. The average molecular weight is 230 g/mol. The van der Waals surface area contributed by atoms with Crippen molar-refractivity contribution in [1.82, 2.24) is 4.90 Å². The van der Waals surface area contributed by atoms with Crippen LogP contribution in [0.25, 0.3) is 0 Å². The Hall–Kier alpha value is 0.870. The smallest absolute Gasteiger partial charge is 0.0140 e. The molecule has 1 atom stereocenters. The van der Waals surface area contributed by atoms with Crippen LogP contribution in [0, 0.1) is 0 Å². The molecule has 0 aromatic carbocycles. The zero-order valence-corrected chi connectivity index (χ0v) is 10.4. The van der Waals surface area contributed by atoms with Gasteiger partial charge in [0.15, 0.2) is 0 Å². The third-order valence-corrected chi connectivity index (χ3v) is 0.966. The van der Waals surface area contributed by atoms with Gasteiger partial charge >= 0.3 is 0 Å². The standard InChI is InChI=1S/C4H11P.C3H9N.BrH/c1-2-3-4-5;1-4(2)3;/h2-5H2,1H3;1-3H3;1H. The first kappa shape index (κ1) is 17.1. The van der Waals surface area contributed by atoms with Gasteiger partial charge in [0, 0.05) is 0 Å². The lowest BCUT2D eigenvalue weighted by Gasteiger charge is -1.90. The van der Waals surface area contributed by atoms with E-state index in [2.05, 4.69) is 16.2 Å². The largest absolute Gasteiger partial charge is 0.312 e. The van der Waals surface area contributed by atoms with Crippen LogP contribution in [-0.4, -0.2) is 32.2 Å². The molecule has 0 radical (unpaired) electrons. The van der Waals surface area contributed by atoms with Crippen molar-refractivity contribution in [1.29, 1.82) is 0 Å². The number of hydrogen-bond donors (Lipinski definition) is 0. The monoisotopic (exact) mass is 229 g/mol. The molecular weight excluding hydrogens is 209 g/mol. The van der Waals surface area contributed by atoms with Gasteiger partial charge in [-0.15, -0.1) is 26.2 Å². The first-order valence-electron chi connectivity index (χ1n) is 3.46. The summed E-state index contributed by atoms with van der Waals surface area (Å²) >= 11 is 0. The molecule has 0 rings (SSSR count). The Labute approximate surface area is 78.5 Å². The maximum atomic E-state index is 2.70. The van der Waals surface area contributed by atoms with Crippen molar-refractivity contribution in [2.45, 2.75) is 19.8 Å². The van der Waals surface area contributed by atoms with Gasteiger partial charge < -0.3 is 4.90 Å². The summed E-state index contributed by atoms with van der Waals surface area (Å²) in [5.41, 5.74) is 0. The molecule has 0 amide bonds. The van der Waals surface area contributed by atoms with E-state index in [1.807, 2.05) is 26.0 Å². The van der Waals surface area contributed by atoms with Crippen molar-refractivity contribution in [3.05, 3.63) is 0 Å². The predicted molar refractivity (Wildman–Crippen MR) is 59.4 cm³/mol. The van der Waals surface area contributed by atoms with Crippen LogP contribution in [0.5, 0.6) is 0 Å². The molecule has 3 heteroatoms. The van der Waals surface area contributed by atoms with Gasteiger partial charge in [0.25, 0.3) is 0 Å². The fourth-order valence-electron chi connectivity index (χ4n) is 0.204. The second kappa shape index (κ2) is 16.5. The molecule has 0 aromatic heterocycles. The van der Waals surface area contributed by atoms with Crippen LogP contribution in [0.4, 0.5) is 0 Å². The maximum absolute atomic E-state index is 2.70. The SMILES string of the molecule is Br.CCCCP.CN(C)C. The summed E-state index contributed by atoms with van der Waals surface area (Å²) in [5, 5.41) is 0. The van der Waals surface area contributed by atoms with Gasteiger partial charge in [0.05, 0.1) is 0 Å². The topological polar surface area (TPSA) is 3.24 Å². The summed E-state index contributed by atoms with van der Waals surface area (Å²) in [6.07, 6.45) is 3.94. The third-order valence-electron chi connectivity index (χ3n) is 0.558. The highest BCUT2D eigenvalue weighted by Gasteiger charge is 1.68. The van der Waals surface area contributed by atoms with Crippen LogP contribution in [0.3, 0.4) is 0 Å². The van der Waals surface area contributed by atoms with E-state index in [0.29, 0.717) is 0 Å². The molecule has 0 aromatic rings. The first-order valence-corrected chi connectivity index (χ1v) is 4.27. The summed E-state index contributed by atoms with van der Waals surface area (Å²) in [6.45, 7) is 2.20. The van der Waals surface area contributed by atoms with E-state index in [1.165, 1.54) is 19.0 Å². The van der Waals surface area contributed by atoms with Gasteiger partial charge in [-0.2, -0.15) is 0 Å². The van der Waals surface area contributed by atoms with Crippen molar-refractivity contribution in [3.63, 3.8) is 0 Å². The Morgan fingerprint density at radius 2 is 1.50 bits per heavy atom. The minimum absolute atomic E-state index is 0. The van der Waals surface area contributed by atoms with E-state index in [9.17, 15) is 0 Å². The highest BCUT2D eigenvalue weighted by Crippen LogP contribution is 1.89. The van der Waals surface area contributed by atoms with E-state index >= 15 is 0 Å². The normalized spacial score (nSPS) is 7.80. The lowest BCUT2D eigenvalue weighted by atomic mass is 10.4. The van der Waals surface area contributed by atoms with Crippen molar-refractivity contribution < 1.29 is 0 Å². The Morgan fingerprint density at radius 3 is 1.50 bits per heavy atom. The number of nitrogens with zero attached hydrogens (tertiary/aromatic N) is 1. The third kappa shape index (κ3) is 66.7. The van der Waals surface area contributed by atoms with Gasteiger partial charge in [-0.1, -0.05) is 19.8 Å². The van der Waals surface area contributed by atoms with Crippen LogP contribution in [0.1, 0.15) is 19.8 Å². The van der Waals surface area contributed by atoms with Crippen LogP contribution in [-0.2, 0) is 0 Å². The summed E-state index contributed by atoms with van der Waals surface area (Å²) in [4.78, 5) is 2.00. The van der Waals surface area contributed by atoms with E-state index in [-0.39, 0.29) is 17.0 Å². The van der Waals surface area contributed by atoms with Crippen LogP contribution < -0.4 is 0 Å². The second-order valence-electron chi connectivity index (χ2n) is 2.48. The molecule has 1 unspecified atom stereocenters. The Morgan fingerprint density at radius 1 is 1.20 bits per heavy atom. The van der Waals surface area contributed by atoms with Gasteiger partial charge in [0.2, 0.25) is 0 Å². The molecule has 66 valence electrons. The predicted octanol–water partition coefficient (Wildman–Crippen LogP) is 2.42. The molecule has 0 bridgehead atoms.